The third-order valence-corrected chi connectivity index (χ3v) is 1.80. The molecule has 11 heavy (non-hydrogen) atoms. The second-order valence-corrected chi connectivity index (χ2v) is 2.85. The van der Waals surface area contributed by atoms with E-state index in [1.807, 2.05) is 12.1 Å². The van der Waals surface area contributed by atoms with Gasteiger partial charge in [-0.3, -0.25) is 0 Å². The number of unbranched alkanes of at least 4 members (excludes halogenated alkanes) is 1. The second kappa shape index (κ2) is 4.22. The van der Waals surface area contributed by atoms with Gasteiger partial charge in [0.2, 0.25) is 0 Å². The summed E-state index contributed by atoms with van der Waals surface area (Å²) in [4.78, 5) is 0. The average molecular weight is 144 g/mol. The maximum Gasteiger partial charge on any atom is 0.113 e. The Labute approximate surface area is 70.0 Å². The number of hydrogen-bond acceptors (Lipinski definition) is 0. The van der Waals surface area contributed by atoms with Gasteiger partial charge in [0.05, 0.1) is 0 Å². The molecular formula is C10H13B. The maximum atomic E-state index is 5.56. The lowest BCUT2D eigenvalue weighted by Gasteiger charge is -1.99. The molecule has 56 valence electrons. The summed E-state index contributed by atoms with van der Waals surface area (Å²) in [7, 11) is 5.56. The van der Waals surface area contributed by atoms with Crippen LogP contribution in [0.1, 0.15) is 25.3 Å². The van der Waals surface area contributed by atoms with Crippen LogP contribution >= 0.6 is 0 Å². The Bertz CT molecular complexity index is 201. The Morgan fingerprint density at radius 2 is 1.82 bits per heavy atom. The van der Waals surface area contributed by atoms with Gasteiger partial charge in [0.15, 0.2) is 0 Å². The Hall–Kier alpha value is -0.715. The van der Waals surface area contributed by atoms with Crippen LogP contribution in [0.25, 0.3) is 0 Å². The van der Waals surface area contributed by atoms with E-state index in [1.54, 1.807) is 0 Å². The van der Waals surface area contributed by atoms with Crippen LogP contribution < -0.4 is 5.46 Å². The topological polar surface area (TPSA) is 0 Å². The van der Waals surface area contributed by atoms with Crippen molar-refractivity contribution in [1.82, 2.24) is 0 Å². The molecule has 0 amide bonds. The highest BCUT2D eigenvalue weighted by Gasteiger charge is 1.89. The Morgan fingerprint density at radius 3 is 2.36 bits per heavy atom. The fraction of sp³-hybridized carbons (Fsp3) is 0.400. The molecule has 1 rings (SSSR count). The van der Waals surface area contributed by atoms with Crippen LogP contribution in [0, 0.1) is 0 Å². The van der Waals surface area contributed by atoms with Crippen LogP contribution in [-0.2, 0) is 6.42 Å². The normalized spacial score (nSPS) is 9.91. The quantitative estimate of drug-likeness (QED) is 0.567. The molecule has 0 aliphatic carbocycles. The number of aryl methyl sites for hydroxylation is 1. The van der Waals surface area contributed by atoms with Crippen LogP contribution in [-0.4, -0.2) is 7.85 Å². The first-order valence-corrected chi connectivity index (χ1v) is 4.17. The molecule has 0 saturated carbocycles. The fourth-order valence-electron chi connectivity index (χ4n) is 1.07. The fourth-order valence-corrected chi connectivity index (χ4v) is 1.07. The first-order chi connectivity index (χ1) is 5.33. The van der Waals surface area contributed by atoms with E-state index in [9.17, 15) is 0 Å². The molecule has 1 aromatic carbocycles. The highest BCUT2D eigenvalue weighted by atomic mass is 13.9. The summed E-state index contributed by atoms with van der Waals surface area (Å²) in [6.45, 7) is 2.21. The van der Waals surface area contributed by atoms with Crippen molar-refractivity contribution in [3.63, 3.8) is 0 Å². The molecule has 0 N–H and O–H groups in total. The van der Waals surface area contributed by atoms with Crippen LogP contribution in [0.5, 0.6) is 0 Å². The molecule has 0 aliphatic heterocycles. The van der Waals surface area contributed by atoms with Gasteiger partial charge in [-0.2, -0.15) is 0 Å². The minimum atomic E-state index is 0.852. The SMILES string of the molecule is [B]c1ccc(CCCC)cc1. The van der Waals surface area contributed by atoms with Crippen molar-refractivity contribution < 1.29 is 0 Å². The summed E-state index contributed by atoms with van der Waals surface area (Å²) in [5.74, 6) is 0. The molecule has 0 bridgehead atoms. The third kappa shape index (κ3) is 2.79. The average Bonchev–Trinajstić information content (AvgIpc) is 2.04. The van der Waals surface area contributed by atoms with Gasteiger partial charge < -0.3 is 0 Å². The molecule has 0 unspecified atom stereocenters. The maximum absolute atomic E-state index is 5.56. The van der Waals surface area contributed by atoms with E-state index < -0.39 is 0 Å². The van der Waals surface area contributed by atoms with Crippen molar-refractivity contribution in [1.29, 1.82) is 0 Å². The Kier molecular flexibility index (Phi) is 3.22. The third-order valence-electron chi connectivity index (χ3n) is 1.80. The summed E-state index contributed by atoms with van der Waals surface area (Å²) in [5.41, 5.74) is 2.24. The highest BCUT2D eigenvalue weighted by Crippen LogP contribution is 2.02. The standard InChI is InChI=1S/C10H13B/c1-2-3-4-9-5-7-10(11)8-6-9/h5-8H,2-4H2,1H3. The van der Waals surface area contributed by atoms with Crippen LogP contribution in [0.3, 0.4) is 0 Å². The van der Waals surface area contributed by atoms with Gasteiger partial charge in [-0.05, 0) is 18.4 Å². The van der Waals surface area contributed by atoms with E-state index >= 15 is 0 Å². The van der Waals surface area contributed by atoms with Crippen molar-refractivity contribution in [2.24, 2.45) is 0 Å². The zero-order valence-electron chi connectivity index (χ0n) is 7.01. The lowest BCUT2D eigenvalue weighted by atomic mass is 9.94. The van der Waals surface area contributed by atoms with Gasteiger partial charge in [0.25, 0.3) is 0 Å². The number of rotatable bonds is 3. The number of benzene rings is 1. The van der Waals surface area contributed by atoms with E-state index in [0.717, 1.165) is 5.46 Å². The first-order valence-electron chi connectivity index (χ1n) is 4.17. The summed E-state index contributed by atoms with van der Waals surface area (Å²) < 4.78 is 0. The smallest absolute Gasteiger partial charge is 0.0967 e. The Balaban J connectivity index is 2.52. The summed E-state index contributed by atoms with van der Waals surface area (Å²) in [6.07, 6.45) is 3.70. The molecular weight excluding hydrogens is 131 g/mol. The largest absolute Gasteiger partial charge is 0.113 e. The van der Waals surface area contributed by atoms with E-state index in [1.165, 1.54) is 24.8 Å². The molecule has 0 aromatic heterocycles. The predicted molar refractivity (Wildman–Crippen MR) is 50.4 cm³/mol. The summed E-state index contributed by atoms with van der Waals surface area (Å²) in [5, 5.41) is 0. The number of hydrogen-bond donors (Lipinski definition) is 0. The molecule has 0 aliphatic rings. The molecule has 1 heteroatoms. The van der Waals surface area contributed by atoms with Crippen LogP contribution in [0.4, 0.5) is 0 Å². The van der Waals surface area contributed by atoms with Gasteiger partial charge in [0.1, 0.15) is 7.85 Å². The van der Waals surface area contributed by atoms with Crippen LogP contribution in [0.2, 0.25) is 0 Å². The summed E-state index contributed by atoms with van der Waals surface area (Å²) in [6, 6.07) is 8.13. The minimum absolute atomic E-state index is 0.852. The lowest BCUT2D eigenvalue weighted by Crippen LogP contribution is -2.00. The van der Waals surface area contributed by atoms with Crippen molar-refractivity contribution >= 4 is 13.3 Å². The molecule has 0 nitrogen and oxygen atoms in total. The van der Waals surface area contributed by atoms with Gasteiger partial charge in [-0.15, -0.1) is 0 Å². The van der Waals surface area contributed by atoms with Crippen LogP contribution in [0.15, 0.2) is 24.3 Å². The summed E-state index contributed by atoms with van der Waals surface area (Å²) >= 11 is 0. The van der Waals surface area contributed by atoms with E-state index in [2.05, 4.69) is 19.1 Å². The molecule has 0 heterocycles. The zero-order chi connectivity index (χ0) is 8.10. The van der Waals surface area contributed by atoms with Crippen molar-refractivity contribution in [3.05, 3.63) is 29.8 Å². The molecule has 2 radical (unpaired) electrons. The lowest BCUT2D eigenvalue weighted by molar-refractivity contribution is 0.795. The second-order valence-electron chi connectivity index (χ2n) is 2.85. The molecule has 0 saturated heterocycles. The molecule has 0 fully saturated rings. The van der Waals surface area contributed by atoms with Gasteiger partial charge >= 0.3 is 0 Å². The van der Waals surface area contributed by atoms with Gasteiger partial charge in [-0.25, -0.2) is 0 Å². The zero-order valence-corrected chi connectivity index (χ0v) is 7.01. The van der Waals surface area contributed by atoms with Gasteiger partial charge in [0, 0.05) is 0 Å². The van der Waals surface area contributed by atoms with Gasteiger partial charge in [-0.1, -0.05) is 43.1 Å². The highest BCUT2D eigenvalue weighted by molar-refractivity contribution is 6.32. The van der Waals surface area contributed by atoms with E-state index in [-0.39, 0.29) is 0 Å². The van der Waals surface area contributed by atoms with E-state index in [0.29, 0.717) is 0 Å². The van der Waals surface area contributed by atoms with E-state index in [4.69, 9.17) is 7.85 Å². The molecule has 1 aromatic rings. The van der Waals surface area contributed by atoms with Crippen molar-refractivity contribution in [3.8, 4) is 0 Å². The van der Waals surface area contributed by atoms with Crippen molar-refractivity contribution in [2.45, 2.75) is 26.2 Å². The molecule has 0 spiro atoms. The Morgan fingerprint density at radius 1 is 1.18 bits per heavy atom. The first kappa shape index (κ1) is 8.38. The predicted octanol–water partition coefficient (Wildman–Crippen LogP) is 1.82. The minimum Gasteiger partial charge on any atom is -0.0967 e. The monoisotopic (exact) mass is 144 g/mol. The molecule has 0 atom stereocenters. The van der Waals surface area contributed by atoms with Crippen molar-refractivity contribution in [2.75, 3.05) is 0 Å².